The van der Waals surface area contributed by atoms with Crippen LogP contribution in [0, 0.1) is 5.92 Å². The lowest BCUT2D eigenvalue weighted by Gasteiger charge is -2.31. The Hall–Kier alpha value is -2.36. The van der Waals surface area contributed by atoms with E-state index in [1.165, 1.54) is 10.4 Å². The molecular formula is C23H27N3O4S2. The Morgan fingerprint density at radius 3 is 2.81 bits per heavy atom. The van der Waals surface area contributed by atoms with E-state index in [2.05, 4.69) is 10.6 Å². The third-order valence-electron chi connectivity index (χ3n) is 5.93. The number of hydrogen-bond donors (Lipinski definition) is 2. The highest BCUT2D eigenvalue weighted by atomic mass is 32.2. The van der Waals surface area contributed by atoms with Crippen molar-refractivity contribution >= 4 is 45.0 Å². The molecule has 2 aromatic rings. The minimum absolute atomic E-state index is 0.0488. The van der Waals surface area contributed by atoms with Crippen molar-refractivity contribution < 1.29 is 18.0 Å². The van der Waals surface area contributed by atoms with E-state index in [1.54, 1.807) is 23.9 Å². The van der Waals surface area contributed by atoms with Gasteiger partial charge in [-0.05, 0) is 73.9 Å². The third kappa shape index (κ3) is 5.00. The zero-order valence-corrected chi connectivity index (χ0v) is 19.6. The van der Waals surface area contributed by atoms with E-state index in [4.69, 9.17) is 0 Å². The number of amides is 2. The molecule has 2 heterocycles. The van der Waals surface area contributed by atoms with Crippen LogP contribution in [0.15, 0.2) is 52.3 Å². The minimum Gasteiger partial charge on any atom is -0.326 e. The summed E-state index contributed by atoms with van der Waals surface area (Å²) in [6.45, 7) is 0.548. The molecule has 32 heavy (non-hydrogen) atoms. The monoisotopic (exact) mass is 473 g/mol. The second-order valence-electron chi connectivity index (χ2n) is 8.14. The molecule has 0 bridgehead atoms. The predicted molar refractivity (Wildman–Crippen MR) is 126 cm³/mol. The van der Waals surface area contributed by atoms with E-state index in [0.717, 1.165) is 16.1 Å². The Labute approximate surface area is 193 Å². The number of carbonyl (C=O) groups is 2. The normalized spacial score (nSPS) is 19.5. The van der Waals surface area contributed by atoms with Gasteiger partial charge in [-0.2, -0.15) is 4.31 Å². The second kappa shape index (κ2) is 9.64. The summed E-state index contributed by atoms with van der Waals surface area (Å²) in [6, 6.07) is 12.5. The zero-order chi connectivity index (χ0) is 22.7. The van der Waals surface area contributed by atoms with Gasteiger partial charge in [0.15, 0.2) is 0 Å². The molecule has 0 radical (unpaired) electrons. The summed E-state index contributed by atoms with van der Waals surface area (Å²) in [5.74, 6) is -0.614. The molecule has 2 aliphatic heterocycles. The number of nitrogens with one attached hydrogen (secondary N) is 2. The number of sulfonamides is 1. The van der Waals surface area contributed by atoms with Gasteiger partial charge in [-0.1, -0.05) is 6.07 Å². The molecule has 2 amide bonds. The van der Waals surface area contributed by atoms with Gasteiger partial charge in [0.2, 0.25) is 21.8 Å². The maximum absolute atomic E-state index is 13.3. The van der Waals surface area contributed by atoms with Crippen molar-refractivity contribution in [2.45, 2.75) is 41.9 Å². The quantitative estimate of drug-likeness (QED) is 0.646. The van der Waals surface area contributed by atoms with Gasteiger partial charge in [0, 0.05) is 35.8 Å². The van der Waals surface area contributed by atoms with E-state index in [1.807, 2.05) is 30.5 Å². The first-order valence-electron chi connectivity index (χ1n) is 10.7. The second-order valence-corrected chi connectivity index (χ2v) is 11.0. The third-order valence-corrected chi connectivity index (χ3v) is 8.52. The van der Waals surface area contributed by atoms with Crippen LogP contribution in [0.5, 0.6) is 0 Å². The van der Waals surface area contributed by atoms with Gasteiger partial charge < -0.3 is 10.6 Å². The van der Waals surface area contributed by atoms with Crippen LogP contribution in [0.25, 0.3) is 0 Å². The molecule has 1 saturated heterocycles. The molecule has 0 saturated carbocycles. The number of rotatable bonds is 5. The average molecular weight is 474 g/mol. The number of hydrogen-bond acceptors (Lipinski definition) is 5. The van der Waals surface area contributed by atoms with Crippen molar-refractivity contribution in [1.82, 2.24) is 4.31 Å². The van der Waals surface area contributed by atoms with Crippen LogP contribution < -0.4 is 10.6 Å². The van der Waals surface area contributed by atoms with Crippen molar-refractivity contribution in [1.29, 1.82) is 0 Å². The molecule has 2 N–H and O–H groups in total. The molecule has 0 unspecified atom stereocenters. The fraction of sp³-hybridized carbons (Fsp3) is 0.391. The van der Waals surface area contributed by atoms with E-state index < -0.39 is 15.9 Å². The molecule has 0 aromatic heterocycles. The maximum atomic E-state index is 13.3. The lowest BCUT2D eigenvalue weighted by Crippen LogP contribution is -2.43. The number of aryl methyl sites for hydroxylation is 1. The first-order valence-corrected chi connectivity index (χ1v) is 13.4. The Kier molecular flexibility index (Phi) is 6.88. The highest BCUT2D eigenvalue weighted by Crippen LogP contribution is 2.29. The van der Waals surface area contributed by atoms with Crippen molar-refractivity contribution in [2.75, 3.05) is 30.0 Å². The molecule has 0 spiro atoms. The van der Waals surface area contributed by atoms with Crippen molar-refractivity contribution in [3.05, 3.63) is 48.0 Å². The van der Waals surface area contributed by atoms with Gasteiger partial charge in [-0.15, -0.1) is 11.8 Å². The summed E-state index contributed by atoms with van der Waals surface area (Å²) in [5, 5.41) is 5.77. The molecule has 9 heteroatoms. The summed E-state index contributed by atoms with van der Waals surface area (Å²) in [5.41, 5.74) is 2.22. The Morgan fingerprint density at radius 2 is 2.00 bits per heavy atom. The first-order chi connectivity index (χ1) is 15.4. The van der Waals surface area contributed by atoms with Crippen molar-refractivity contribution in [3.8, 4) is 0 Å². The molecule has 2 aromatic carbocycles. The maximum Gasteiger partial charge on any atom is 0.243 e. The molecule has 2 aliphatic rings. The molecule has 1 fully saturated rings. The number of nitrogens with zero attached hydrogens (tertiary/aromatic N) is 1. The lowest BCUT2D eigenvalue weighted by molar-refractivity contribution is -0.121. The first kappa shape index (κ1) is 22.8. The molecule has 0 aliphatic carbocycles. The van der Waals surface area contributed by atoms with Gasteiger partial charge in [0.1, 0.15) is 0 Å². The number of fused-ring (bicyclic) bond motifs is 1. The highest BCUT2D eigenvalue weighted by Gasteiger charge is 2.34. The highest BCUT2D eigenvalue weighted by molar-refractivity contribution is 7.98. The number of carbonyl (C=O) groups excluding carboxylic acids is 2. The van der Waals surface area contributed by atoms with Gasteiger partial charge in [-0.3, -0.25) is 9.59 Å². The SMILES string of the molecule is CSc1cccc(NC(=O)[C@@H]2CCCN(S(=O)(=O)c3ccc4c(c3)CCCC(=O)N4)C2)c1. The fourth-order valence-electron chi connectivity index (χ4n) is 4.18. The number of piperidine rings is 1. The number of benzene rings is 2. The molecular weight excluding hydrogens is 446 g/mol. The Balaban J connectivity index is 1.49. The molecule has 170 valence electrons. The van der Waals surface area contributed by atoms with Gasteiger partial charge >= 0.3 is 0 Å². The van der Waals surface area contributed by atoms with E-state index >= 15 is 0 Å². The summed E-state index contributed by atoms with van der Waals surface area (Å²) >= 11 is 1.60. The Morgan fingerprint density at radius 1 is 1.16 bits per heavy atom. The molecule has 4 rings (SSSR count). The predicted octanol–water partition coefficient (Wildman–Crippen LogP) is 3.72. The number of thioether (sulfide) groups is 1. The molecule has 7 nitrogen and oxygen atoms in total. The van der Waals surface area contributed by atoms with Crippen LogP contribution in [0.1, 0.15) is 31.2 Å². The van der Waals surface area contributed by atoms with Crippen LogP contribution in [-0.2, 0) is 26.0 Å². The van der Waals surface area contributed by atoms with Crippen LogP contribution in [-0.4, -0.2) is 43.9 Å². The molecule has 1 atom stereocenters. The topological polar surface area (TPSA) is 95.6 Å². The van der Waals surface area contributed by atoms with Crippen LogP contribution in [0.4, 0.5) is 11.4 Å². The largest absolute Gasteiger partial charge is 0.326 e. The van der Waals surface area contributed by atoms with E-state index in [-0.39, 0.29) is 23.3 Å². The smallest absolute Gasteiger partial charge is 0.243 e. The van der Waals surface area contributed by atoms with E-state index in [0.29, 0.717) is 44.3 Å². The summed E-state index contributed by atoms with van der Waals surface area (Å²) in [4.78, 5) is 25.9. The van der Waals surface area contributed by atoms with Crippen LogP contribution in [0.3, 0.4) is 0 Å². The van der Waals surface area contributed by atoms with Gasteiger partial charge in [0.05, 0.1) is 10.8 Å². The van der Waals surface area contributed by atoms with E-state index in [9.17, 15) is 18.0 Å². The summed E-state index contributed by atoms with van der Waals surface area (Å²) < 4.78 is 28.1. The minimum atomic E-state index is -3.73. The lowest BCUT2D eigenvalue weighted by atomic mass is 9.99. The number of anilines is 2. The fourth-order valence-corrected chi connectivity index (χ4v) is 6.21. The summed E-state index contributed by atoms with van der Waals surface area (Å²) in [7, 11) is -3.73. The van der Waals surface area contributed by atoms with Gasteiger partial charge in [0.25, 0.3) is 0 Å². The Bertz CT molecular complexity index is 1130. The van der Waals surface area contributed by atoms with Crippen LogP contribution in [0.2, 0.25) is 0 Å². The van der Waals surface area contributed by atoms with Crippen molar-refractivity contribution in [2.24, 2.45) is 5.92 Å². The average Bonchev–Trinajstić information content (AvgIpc) is 2.99. The zero-order valence-electron chi connectivity index (χ0n) is 18.0. The standard InChI is InChI=1S/C23H27N3O4S2/c1-31-19-8-3-7-18(14-19)24-23(28)17-6-4-12-26(15-17)32(29,30)20-10-11-21-16(13-20)5-2-9-22(27)25-21/h3,7-8,10-11,13-14,17H,2,4-6,9,12,15H2,1H3,(H,24,28)(H,25,27)/t17-/m1/s1. The van der Waals surface area contributed by atoms with Gasteiger partial charge in [-0.25, -0.2) is 8.42 Å². The van der Waals surface area contributed by atoms with Crippen molar-refractivity contribution in [3.63, 3.8) is 0 Å². The summed E-state index contributed by atoms with van der Waals surface area (Å²) in [6.07, 6.45) is 5.02. The van der Waals surface area contributed by atoms with Crippen LogP contribution >= 0.6 is 11.8 Å².